The molecule has 0 spiro atoms. The summed E-state index contributed by atoms with van der Waals surface area (Å²) in [4.78, 5) is 1.46. The quantitative estimate of drug-likeness (QED) is 0.822. The van der Waals surface area contributed by atoms with Gasteiger partial charge >= 0.3 is 0 Å². The molecule has 2 aliphatic carbocycles. The van der Waals surface area contributed by atoms with Gasteiger partial charge in [-0.1, -0.05) is 0 Å². The van der Waals surface area contributed by atoms with E-state index in [0.717, 1.165) is 17.9 Å². The first-order chi connectivity index (χ1) is 7.33. The van der Waals surface area contributed by atoms with Crippen molar-refractivity contribution in [3.05, 3.63) is 21.9 Å². The van der Waals surface area contributed by atoms with Crippen LogP contribution in [-0.4, -0.2) is 12.6 Å². The van der Waals surface area contributed by atoms with E-state index in [-0.39, 0.29) is 0 Å². The molecule has 2 atom stereocenters. The summed E-state index contributed by atoms with van der Waals surface area (Å²) in [5, 5.41) is 6.03. The van der Waals surface area contributed by atoms with E-state index in [2.05, 4.69) is 23.7 Å². The van der Waals surface area contributed by atoms with Gasteiger partial charge in [-0.25, -0.2) is 0 Å². The lowest BCUT2D eigenvalue weighted by atomic mass is 9.70. The fourth-order valence-corrected chi connectivity index (χ4v) is 3.28. The first-order valence-electron chi connectivity index (χ1n) is 6.11. The van der Waals surface area contributed by atoms with Crippen molar-refractivity contribution in [1.82, 2.24) is 5.32 Å². The van der Waals surface area contributed by atoms with Crippen molar-refractivity contribution in [3.63, 3.8) is 0 Å². The summed E-state index contributed by atoms with van der Waals surface area (Å²) in [7, 11) is 0. The lowest BCUT2D eigenvalue weighted by Crippen LogP contribution is -2.34. The minimum absolute atomic E-state index is 0.862. The standard InChI is InChI=1S/C13H19NS/c1-9-6-11(8-15-9)13-5-2-10(13)7-14-12-3-4-12/h6,8,10,12-14H,2-5,7H2,1H3. The van der Waals surface area contributed by atoms with Gasteiger partial charge in [0.25, 0.3) is 0 Å². The highest BCUT2D eigenvalue weighted by Gasteiger charge is 2.33. The van der Waals surface area contributed by atoms with Crippen molar-refractivity contribution in [3.8, 4) is 0 Å². The minimum atomic E-state index is 0.862. The molecule has 1 aromatic heterocycles. The van der Waals surface area contributed by atoms with Crippen molar-refractivity contribution in [1.29, 1.82) is 0 Å². The van der Waals surface area contributed by atoms with Gasteiger partial charge in [0, 0.05) is 10.9 Å². The predicted molar refractivity (Wildman–Crippen MR) is 65.5 cm³/mol. The summed E-state index contributed by atoms with van der Waals surface area (Å²) in [6, 6.07) is 3.26. The molecule has 2 aliphatic rings. The number of hydrogen-bond acceptors (Lipinski definition) is 2. The highest BCUT2D eigenvalue weighted by atomic mass is 32.1. The third-order valence-corrected chi connectivity index (χ3v) is 4.72. The topological polar surface area (TPSA) is 12.0 Å². The molecule has 1 aromatic rings. The summed E-state index contributed by atoms with van der Waals surface area (Å²) in [5.74, 6) is 1.78. The number of hydrogen-bond donors (Lipinski definition) is 1. The highest BCUT2D eigenvalue weighted by Crippen LogP contribution is 2.43. The number of nitrogens with one attached hydrogen (secondary N) is 1. The third-order valence-electron chi connectivity index (χ3n) is 3.84. The summed E-state index contributed by atoms with van der Waals surface area (Å²) in [5.41, 5.74) is 1.60. The Morgan fingerprint density at radius 2 is 2.20 bits per heavy atom. The van der Waals surface area contributed by atoms with Crippen LogP contribution in [0.4, 0.5) is 0 Å². The predicted octanol–water partition coefficient (Wildman–Crippen LogP) is 3.30. The highest BCUT2D eigenvalue weighted by molar-refractivity contribution is 7.10. The van der Waals surface area contributed by atoms with Crippen LogP contribution in [0.15, 0.2) is 11.4 Å². The maximum Gasteiger partial charge on any atom is 0.00683 e. The molecule has 1 heterocycles. The summed E-state index contributed by atoms with van der Waals surface area (Å²) in [6.45, 7) is 3.47. The second-order valence-electron chi connectivity index (χ2n) is 5.12. The number of aryl methyl sites for hydroxylation is 1. The van der Waals surface area contributed by atoms with E-state index in [1.807, 2.05) is 11.3 Å². The van der Waals surface area contributed by atoms with Crippen LogP contribution in [0.2, 0.25) is 0 Å². The van der Waals surface area contributed by atoms with Crippen LogP contribution in [0, 0.1) is 12.8 Å². The third kappa shape index (κ3) is 2.11. The molecule has 0 aliphatic heterocycles. The van der Waals surface area contributed by atoms with Crippen LogP contribution in [0.3, 0.4) is 0 Å². The van der Waals surface area contributed by atoms with Crippen LogP contribution in [0.1, 0.15) is 42.0 Å². The number of rotatable bonds is 4. The zero-order chi connectivity index (χ0) is 10.3. The van der Waals surface area contributed by atoms with Gasteiger partial charge in [0.15, 0.2) is 0 Å². The first kappa shape index (κ1) is 9.86. The Hall–Kier alpha value is -0.340. The molecule has 2 saturated carbocycles. The van der Waals surface area contributed by atoms with Crippen LogP contribution in [-0.2, 0) is 0 Å². The second kappa shape index (κ2) is 3.91. The Balaban J connectivity index is 1.57. The van der Waals surface area contributed by atoms with Crippen molar-refractivity contribution in [2.24, 2.45) is 5.92 Å². The molecule has 2 heteroatoms. The lowest BCUT2D eigenvalue weighted by Gasteiger charge is -2.36. The monoisotopic (exact) mass is 221 g/mol. The molecule has 15 heavy (non-hydrogen) atoms. The molecule has 0 saturated heterocycles. The smallest absolute Gasteiger partial charge is 0.00683 e. The number of thiophene rings is 1. The largest absolute Gasteiger partial charge is 0.314 e. The Kier molecular flexibility index (Phi) is 2.57. The molecule has 2 unspecified atom stereocenters. The summed E-state index contributed by atoms with van der Waals surface area (Å²) in [6.07, 6.45) is 5.66. The van der Waals surface area contributed by atoms with E-state index in [4.69, 9.17) is 0 Å². The lowest BCUT2D eigenvalue weighted by molar-refractivity contribution is 0.245. The zero-order valence-electron chi connectivity index (χ0n) is 9.33. The van der Waals surface area contributed by atoms with Crippen LogP contribution >= 0.6 is 11.3 Å². The Bertz CT molecular complexity index is 340. The van der Waals surface area contributed by atoms with E-state index in [1.165, 1.54) is 37.1 Å². The fraction of sp³-hybridized carbons (Fsp3) is 0.692. The summed E-state index contributed by atoms with van der Waals surface area (Å²) >= 11 is 1.90. The Labute approximate surface area is 95.9 Å². The fourth-order valence-electron chi connectivity index (χ4n) is 2.52. The van der Waals surface area contributed by atoms with Crippen LogP contribution in [0.5, 0.6) is 0 Å². The second-order valence-corrected chi connectivity index (χ2v) is 6.23. The zero-order valence-corrected chi connectivity index (χ0v) is 10.1. The molecule has 1 N–H and O–H groups in total. The van der Waals surface area contributed by atoms with Crippen molar-refractivity contribution in [2.45, 2.75) is 44.6 Å². The molecule has 0 bridgehead atoms. The van der Waals surface area contributed by atoms with Crippen molar-refractivity contribution >= 4 is 11.3 Å². The SMILES string of the molecule is Cc1cc(C2CCC2CNC2CC2)cs1. The Morgan fingerprint density at radius 3 is 2.73 bits per heavy atom. The van der Waals surface area contributed by atoms with E-state index < -0.39 is 0 Å². The van der Waals surface area contributed by atoms with E-state index in [0.29, 0.717) is 0 Å². The minimum Gasteiger partial charge on any atom is -0.314 e. The summed E-state index contributed by atoms with van der Waals surface area (Å²) < 4.78 is 0. The molecule has 1 nitrogen and oxygen atoms in total. The van der Waals surface area contributed by atoms with Gasteiger partial charge in [0.1, 0.15) is 0 Å². The van der Waals surface area contributed by atoms with E-state index in [9.17, 15) is 0 Å². The van der Waals surface area contributed by atoms with Crippen LogP contribution in [0.25, 0.3) is 0 Å². The van der Waals surface area contributed by atoms with Gasteiger partial charge in [0.05, 0.1) is 0 Å². The molecule has 82 valence electrons. The van der Waals surface area contributed by atoms with Crippen molar-refractivity contribution in [2.75, 3.05) is 6.54 Å². The van der Waals surface area contributed by atoms with E-state index >= 15 is 0 Å². The molecule has 3 rings (SSSR count). The Morgan fingerprint density at radius 1 is 1.33 bits per heavy atom. The molecular formula is C13H19NS. The van der Waals surface area contributed by atoms with Gasteiger partial charge < -0.3 is 5.32 Å². The normalized spacial score (nSPS) is 30.2. The average molecular weight is 221 g/mol. The van der Waals surface area contributed by atoms with Crippen LogP contribution < -0.4 is 5.32 Å². The van der Waals surface area contributed by atoms with Gasteiger partial charge in [-0.05, 0) is 68.0 Å². The molecular weight excluding hydrogens is 202 g/mol. The molecule has 0 amide bonds. The molecule has 0 radical (unpaired) electrons. The molecule has 0 aromatic carbocycles. The molecule has 2 fully saturated rings. The van der Waals surface area contributed by atoms with Gasteiger partial charge in [0.2, 0.25) is 0 Å². The average Bonchev–Trinajstić information content (AvgIpc) is 2.89. The van der Waals surface area contributed by atoms with E-state index in [1.54, 1.807) is 5.56 Å². The van der Waals surface area contributed by atoms with Gasteiger partial charge in [-0.2, -0.15) is 0 Å². The van der Waals surface area contributed by atoms with Gasteiger partial charge in [-0.3, -0.25) is 0 Å². The van der Waals surface area contributed by atoms with Crippen molar-refractivity contribution < 1.29 is 0 Å². The first-order valence-corrected chi connectivity index (χ1v) is 6.99. The maximum absolute atomic E-state index is 3.67. The maximum atomic E-state index is 3.67. The van der Waals surface area contributed by atoms with Gasteiger partial charge in [-0.15, -0.1) is 11.3 Å².